The van der Waals surface area contributed by atoms with Crippen molar-refractivity contribution in [3.05, 3.63) is 11.1 Å². The topological polar surface area (TPSA) is 0 Å². The number of hydrogen-bond donors (Lipinski definition) is 0. The fourth-order valence-corrected chi connectivity index (χ4v) is 2.34. The summed E-state index contributed by atoms with van der Waals surface area (Å²) in [5.74, 6) is 1.04. The van der Waals surface area contributed by atoms with Crippen LogP contribution < -0.4 is 0 Å². The van der Waals surface area contributed by atoms with Crippen LogP contribution >= 0.6 is 0 Å². The number of hydrogen-bond acceptors (Lipinski definition) is 0. The zero-order valence-electron chi connectivity index (χ0n) is 10.6. The summed E-state index contributed by atoms with van der Waals surface area (Å²) >= 11 is 0. The second-order valence-electron chi connectivity index (χ2n) is 5.69. The maximum absolute atomic E-state index is 2.42. The minimum absolute atomic E-state index is 0.445. The van der Waals surface area contributed by atoms with Crippen LogP contribution in [0.15, 0.2) is 11.1 Å². The minimum Gasteiger partial charge on any atom is -0.0739 e. The first kappa shape index (κ1) is 11.8. The van der Waals surface area contributed by atoms with Gasteiger partial charge in [-0.1, -0.05) is 51.2 Å². The summed E-state index contributed by atoms with van der Waals surface area (Å²) in [6.45, 7) is 11.8. The Morgan fingerprint density at radius 2 is 1.79 bits per heavy atom. The van der Waals surface area contributed by atoms with E-state index in [-0.39, 0.29) is 0 Å². The molecule has 0 heterocycles. The minimum atomic E-state index is 0.445. The van der Waals surface area contributed by atoms with Crippen molar-refractivity contribution in [1.29, 1.82) is 0 Å². The maximum Gasteiger partial charge on any atom is -0.0142 e. The molecule has 0 aromatic carbocycles. The molecule has 0 radical (unpaired) electrons. The van der Waals surface area contributed by atoms with Gasteiger partial charge in [0.15, 0.2) is 0 Å². The van der Waals surface area contributed by atoms with E-state index in [9.17, 15) is 0 Å². The predicted octanol–water partition coefficient (Wildman–Crippen LogP) is 4.95. The summed E-state index contributed by atoms with van der Waals surface area (Å²) in [5.41, 5.74) is 3.71. The van der Waals surface area contributed by atoms with Gasteiger partial charge < -0.3 is 0 Å². The Kier molecular flexibility index (Phi) is 3.80. The Labute approximate surface area is 89.8 Å². The molecule has 1 aliphatic carbocycles. The van der Waals surface area contributed by atoms with E-state index in [1.807, 2.05) is 0 Å². The smallest absolute Gasteiger partial charge is 0.0142 e. The van der Waals surface area contributed by atoms with Crippen LogP contribution in [-0.4, -0.2) is 0 Å². The standard InChI is InChI=1S/C14H26/c1-6-7-11(2)12(3)14(4,5)10-13-8-9-13/h13H,6-10H2,1-5H3/b12-11-. The monoisotopic (exact) mass is 194 g/mol. The fraction of sp³-hybridized carbons (Fsp3) is 0.857. The average molecular weight is 194 g/mol. The molecule has 1 rings (SSSR count). The van der Waals surface area contributed by atoms with Gasteiger partial charge in [0.2, 0.25) is 0 Å². The normalized spacial score (nSPS) is 19.5. The van der Waals surface area contributed by atoms with E-state index < -0.39 is 0 Å². The van der Waals surface area contributed by atoms with Gasteiger partial charge in [-0.3, -0.25) is 0 Å². The van der Waals surface area contributed by atoms with Gasteiger partial charge in [-0.15, -0.1) is 0 Å². The highest BCUT2D eigenvalue weighted by atomic mass is 14.4. The van der Waals surface area contributed by atoms with E-state index >= 15 is 0 Å². The highest BCUT2D eigenvalue weighted by Crippen LogP contribution is 2.44. The van der Waals surface area contributed by atoms with Crippen molar-refractivity contribution in [1.82, 2.24) is 0 Å². The first-order valence-electron chi connectivity index (χ1n) is 6.14. The third kappa shape index (κ3) is 3.15. The molecule has 1 fully saturated rings. The van der Waals surface area contributed by atoms with E-state index in [1.165, 1.54) is 32.1 Å². The molecule has 0 bridgehead atoms. The summed E-state index contributed by atoms with van der Waals surface area (Å²) in [6, 6.07) is 0. The maximum atomic E-state index is 2.42. The Bertz CT molecular complexity index is 216. The lowest BCUT2D eigenvalue weighted by atomic mass is 9.77. The van der Waals surface area contributed by atoms with Gasteiger partial charge >= 0.3 is 0 Å². The van der Waals surface area contributed by atoms with Crippen LogP contribution in [0.4, 0.5) is 0 Å². The van der Waals surface area contributed by atoms with E-state index in [0.717, 1.165) is 5.92 Å². The number of allylic oxidation sites excluding steroid dienone is 2. The molecule has 0 aromatic rings. The lowest BCUT2D eigenvalue weighted by Crippen LogP contribution is -2.15. The van der Waals surface area contributed by atoms with Gasteiger partial charge in [0.1, 0.15) is 0 Å². The van der Waals surface area contributed by atoms with Crippen LogP contribution in [0.3, 0.4) is 0 Å². The molecule has 0 aliphatic heterocycles. The average Bonchev–Trinajstić information content (AvgIpc) is 2.86. The first-order valence-corrected chi connectivity index (χ1v) is 6.14. The van der Waals surface area contributed by atoms with E-state index in [1.54, 1.807) is 11.1 Å². The largest absolute Gasteiger partial charge is 0.0739 e. The molecule has 1 aliphatic rings. The highest BCUT2D eigenvalue weighted by Gasteiger charge is 2.31. The van der Waals surface area contributed by atoms with Gasteiger partial charge in [0.05, 0.1) is 0 Å². The lowest BCUT2D eigenvalue weighted by Gasteiger charge is -2.28. The Morgan fingerprint density at radius 3 is 2.21 bits per heavy atom. The Morgan fingerprint density at radius 1 is 1.21 bits per heavy atom. The van der Waals surface area contributed by atoms with Crippen LogP contribution in [0.25, 0.3) is 0 Å². The predicted molar refractivity (Wildman–Crippen MR) is 64.4 cm³/mol. The molecule has 82 valence electrons. The molecule has 0 amide bonds. The van der Waals surface area contributed by atoms with Crippen LogP contribution in [0, 0.1) is 11.3 Å². The Hall–Kier alpha value is -0.260. The van der Waals surface area contributed by atoms with Crippen molar-refractivity contribution in [3.63, 3.8) is 0 Å². The first-order chi connectivity index (χ1) is 6.47. The van der Waals surface area contributed by atoms with Gasteiger partial charge in [-0.25, -0.2) is 0 Å². The molecule has 0 saturated heterocycles. The van der Waals surface area contributed by atoms with Crippen molar-refractivity contribution in [2.45, 2.75) is 66.7 Å². The second-order valence-corrected chi connectivity index (χ2v) is 5.69. The summed E-state index contributed by atoms with van der Waals surface area (Å²) < 4.78 is 0. The number of rotatable bonds is 5. The van der Waals surface area contributed by atoms with Crippen molar-refractivity contribution in [3.8, 4) is 0 Å². The molecule has 0 unspecified atom stereocenters. The molecule has 0 heteroatoms. The summed E-state index contributed by atoms with van der Waals surface area (Å²) in [5, 5.41) is 0. The lowest BCUT2D eigenvalue weighted by molar-refractivity contribution is 0.377. The zero-order chi connectivity index (χ0) is 10.8. The van der Waals surface area contributed by atoms with Crippen molar-refractivity contribution >= 4 is 0 Å². The zero-order valence-corrected chi connectivity index (χ0v) is 10.6. The quantitative estimate of drug-likeness (QED) is 0.543. The molecule has 0 spiro atoms. The van der Waals surface area contributed by atoms with Crippen LogP contribution in [0.1, 0.15) is 66.7 Å². The molecular formula is C14H26. The SMILES string of the molecule is CCC/C(C)=C(/C)C(C)(C)CC1CC1. The van der Waals surface area contributed by atoms with Gasteiger partial charge in [0, 0.05) is 0 Å². The van der Waals surface area contributed by atoms with Gasteiger partial charge in [-0.2, -0.15) is 0 Å². The fourth-order valence-electron chi connectivity index (χ4n) is 2.34. The molecule has 0 atom stereocenters. The summed E-state index contributed by atoms with van der Waals surface area (Å²) in [7, 11) is 0. The molecular weight excluding hydrogens is 168 g/mol. The van der Waals surface area contributed by atoms with Crippen molar-refractivity contribution < 1.29 is 0 Å². The van der Waals surface area contributed by atoms with E-state index in [0.29, 0.717) is 5.41 Å². The third-order valence-electron chi connectivity index (χ3n) is 3.78. The second kappa shape index (κ2) is 4.51. The van der Waals surface area contributed by atoms with E-state index in [2.05, 4.69) is 34.6 Å². The molecule has 0 aromatic heterocycles. The molecule has 1 saturated carbocycles. The molecule has 0 nitrogen and oxygen atoms in total. The summed E-state index contributed by atoms with van der Waals surface area (Å²) in [6.07, 6.45) is 6.91. The highest BCUT2D eigenvalue weighted by molar-refractivity contribution is 5.17. The van der Waals surface area contributed by atoms with Gasteiger partial charge in [-0.05, 0) is 38.0 Å². The third-order valence-corrected chi connectivity index (χ3v) is 3.78. The van der Waals surface area contributed by atoms with Crippen LogP contribution in [-0.2, 0) is 0 Å². The van der Waals surface area contributed by atoms with Crippen LogP contribution in [0.2, 0.25) is 0 Å². The molecule has 14 heavy (non-hydrogen) atoms. The van der Waals surface area contributed by atoms with Crippen molar-refractivity contribution in [2.75, 3.05) is 0 Å². The molecule has 0 N–H and O–H groups in total. The summed E-state index contributed by atoms with van der Waals surface area (Å²) in [4.78, 5) is 0. The van der Waals surface area contributed by atoms with E-state index in [4.69, 9.17) is 0 Å². The van der Waals surface area contributed by atoms with Crippen LogP contribution in [0.5, 0.6) is 0 Å². The van der Waals surface area contributed by atoms with Gasteiger partial charge in [0.25, 0.3) is 0 Å². The Balaban J connectivity index is 2.62. The van der Waals surface area contributed by atoms with Crippen molar-refractivity contribution in [2.24, 2.45) is 11.3 Å².